The van der Waals surface area contributed by atoms with Crippen LogP contribution in [0.5, 0.6) is 0 Å². The van der Waals surface area contributed by atoms with E-state index in [1.807, 2.05) is 35.2 Å². The Bertz CT molecular complexity index is 855. The van der Waals surface area contributed by atoms with Crippen molar-refractivity contribution >= 4 is 35.2 Å². The second-order valence-corrected chi connectivity index (χ2v) is 5.99. The fourth-order valence-electron chi connectivity index (χ4n) is 2.76. The SMILES string of the molecule is CN=CC(=CN)c1ccc(C=N)c(Nc2ccnc(N3CC(F)C3)c2)c1. The Labute approximate surface area is 151 Å². The third-order valence-corrected chi connectivity index (χ3v) is 4.18. The highest BCUT2D eigenvalue weighted by molar-refractivity contribution is 6.10. The van der Waals surface area contributed by atoms with E-state index in [1.165, 1.54) is 12.4 Å². The zero-order chi connectivity index (χ0) is 18.5. The van der Waals surface area contributed by atoms with Gasteiger partial charge in [0.05, 0.1) is 13.1 Å². The number of alkyl halides is 1. The molecule has 0 radical (unpaired) electrons. The van der Waals surface area contributed by atoms with Crippen LogP contribution in [0.1, 0.15) is 11.1 Å². The third-order valence-electron chi connectivity index (χ3n) is 4.18. The van der Waals surface area contributed by atoms with E-state index in [0.717, 1.165) is 33.9 Å². The molecular formula is C19H21FN6. The van der Waals surface area contributed by atoms with Gasteiger partial charge in [0.15, 0.2) is 0 Å². The monoisotopic (exact) mass is 352 g/mol. The summed E-state index contributed by atoms with van der Waals surface area (Å²) in [5, 5.41) is 10.9. The molecule has 0 saturated carbocycles. The largest absolute Gasteiger partial charge is 0.404 e. The van der Waals surface area contributed by atoms with Crippen LogP contribution in [0.2, 0.25) is 0 Å². The minimum Gasteiger partial charge on any atom is -0.404 e. The summed E-state index contributed by atoms with van der Waals surface area (Å²) >= 11 is 0. The van der Waals surface area contributed by atoms with Gasteiger partial charge in [-0.2, -0.15) is 0 Å². The van der Waals surface area contributed by atoms with Crippen LogP contribution in [0.15, 0.2) is 47.7 Å². The number of hydrogen-bond acceptors (Lipinski definition) is 6. The number of anilines is 3. The van der Waals surface area contributed by atoms with Crippen LogP contribution in [0.4, 0.5) is 21.6 Å². The number of nitrogens with two attached hydrogens (primary N) is 1. The highest BCUT2D eigenvalue weighted by Crippen LogP contribution is 2.27. The molecule has 0 spiro atoms. The molecule has 2 heterocycles. The van der Waals surface area contributed by atoms with Crippen molar-refractivity contribution in [1.29, 1.82) is 5.41 Å². The van der Waals surface area contributed by atoms with Gasteiger partial charge in [-0.1, -0.05) is 12.1 Å². The highest BCUT2D eigenvalue weighted by atomic mass is 19.1. The third kappa shape index (κ3) is 3.72. The molecule has 0 aliphatic carbocycles. The van der Waals surface area contributed by atoms with Gasteiger partial charge in [0.25, 0.3) is 0 Å². The zero-order valence-corrected chi connectivity index (χ0v) is 14.5. The predicted molar refractivity (Wildman–Crippen MR) is 106 cm³/mol. The number of aromatic nitrogens is 1. The van der Waals surface area contributed by atoms with Crippen LogP contribution < -0.4 is 16.0 Å². The number of nitrogens with one attached hydrogen (secondary N) is 2. The fraction of sp³-hybridized carbons (Fsp3) is 0.211. The van der Waals surface area contributed by atoms with Crippen LogP contribution >= 0.6 is 0 Å². The maximum Gasteiger partial charge on any atom is 0.135 e. The molecule has 1 aromatic heterocycles. The number of hydrogen-bond donors (Lipinski definition) is 3. The Hall–Kier alpha value is -3.22. The van der Waals surface area contributed by atoms with Crippen LogP contribution in [0.25, 0.3) is 5.57 Å². The average Bonchev–Trinajstić information content (AvgIpc) is 2.63. The molecule has 0 atom stereocenters. The lowest BCUT2D eigenvalue weighted by molar-refractivity contribution is 0.273. The van der Waals surface area contributed by atoms with Crippen molar-refractivity contribution in [2.24, 2.45) is 10.7 Å². The first kappa shape index (κ1) is 17.6. The van der Waals surface area contributed by atoms with Crippen molar-refractivity contribution in [3.8, 4) is 0 Å². The van der Waals surface area contributed by atoms with Gasteiger partial charge in [-0.3, -0.25) is 4.99 Å². The Morgan fingerprint density at radius 2 is 2.19 bits per heavy atom. The topological polar surface area (TPSA) is 90.4 Å². The van der Waals surface area contributed by atoms with Gasteiger partial charge in [-0.25, -0.2) is 9.37 Å². The molecule has 0 unspecified atom stereocenters. The summed E-state index contributed by atoms with van der Waals surface area (Å²) in [6.45, 7) is 0.747. The molecule has 3 rings (SSSR count). The van der Waals surface area contributed by atoms with E-state index in [4.69, 9.17) is 11.1 Å². The quantitative estimate of drug-likeness (QED) is 0.697. The Kier molecular flexibility index (Phi) is 5.26. The van der Waals surface area contributed by atoms with Gasteiger partial charge in [0.2, 0.25) is 0 Å². The number of pyridine rings is 1. The number of allylic oxidation sites excluding steroid dienone is 1. The summed E-state index contributed by atoms with van der Waals surface area (Å²) < 4.78 is 13.1. The molecule has 2 aromatic rings. The summed E-state index contributed by atoms with van der Waals surface area (Å²) in [7, 11) is 1.69. The molecule has 0 bridgehead atoms. The summed E-state index contributed by atoms with van der Waals surface area (Å²) in [6.07, 6.45) is 5.38. The van der Waals surface area contributed by atoms with Crippen LogP contribution in [0.3, 0.4) is 0 Å². The van der Waals surface area contributed by atoms with E-state index in [9.17, 15) is 4.39 Å². The molecule has 1 saturated heterocycles. The maximum atomic E-state index is 13.1. The number of benzene rings is 1. The number of halogens is 1. The van der Waals surface area contributed by atoms with E-state index >= 15 is 0 Å². The minimum atomic E-state index is -0.781. The van der Waals surface area contributed by atoms with Crippen LogP contribution in [0, 0.1) is 5.41 Å². The first-order valence-electron chi connectivity index (χ1n) is 8.25. The zero-order valence-electron chi connectivity index (χ0n) is 14.5. The molecule has 7 heteroatoms. The van der Waals surface area contributed by atoms with Gasteiger partial charge in [0.1, 0.15) is 12.0 Å². The predicted octanol–water partition coefficient (Wildman–Crippen LogP) is 2.98. The highest BCUT2D eigenvalue weighted by Gasteiger charge is 2.27. The first-order chi connectivity index (χ1) is 12.6. The van der Waals surface area contributed by atoms with E-state index in [0.29, 0.717) is 13.1 Å². The Balaban J connectivity index is 1.89. The van der Waals surface area contributed by atoms with Gasteiger partial charge < -0.3 is 21.4 Å². The van der Waals surface area contributed by atoms with E-state index in [1.54, 1.807) is 19.5 Å². The molecule has 6 nitrogen and oxygen atoms in total. The number of rotatable bonds is 6. The maximum absolute atomic E-state index is 13.1. The molecule has 0 amide bonds. The second-order valence-electron chi connectivity index (χ2n) is 5.99. The molecule has 26 heavy (non-hydrogen) atoms. The molecule has 1 aliphatic rings. The van der Waals surface area contributed by atoms with Crippen molar-refractivity contribution in [1.82, 2.24) is 4.98 Å². The normalized spacial score (nSPS) is 15.2. The van der Waals surface area contributed by atoms with E-state index in [2.05, 4.69) is 15.3 Å². The minimum absolute atomic E-state index is 0.374. The lowest BCUT2D eigenvalue weighted by Gasteiger charge is -2.35. The van der Waals surface area contributed by atoms with Gasteiger partial charge in [0, 0.05) is 60.5 Å². The number of nitrogens with zero attached hydrogens (tertiary/aromatic N) is 3. The second kappa shape index (κ2) is 7.77. The fourth-order valence-corrected chi connectivity index (χ4v) is 2.76. The Morgan fingerprint density at radius 3 is 2.85 bits per heavy atom. The molecule has 134 valence electrons. The lowest BCUT2D eigenvalue weighted by Crippen LogP contribution is -2.48. The van der Waals surface area contributed by atoms with Crippen molar-refractivity contribution in [2.75, 3.05) is 30.4 Å². The molecule has 1 aliphatic heterocycles. The molecule has 1 aromatic carbocycles. The van der Waals surface area contributed by atoms with Crippen molar-refractivity contribution < 1.29 is 4.39 Å². The molecule has 4 N–H and O–H groups in total. The van der Waals surface area contributed by atoms with E-state index < -0.39 is 6.17 Å². The number of aliphatic imine (C=N–C) groups is 1. The first-order valence-corrected chi connectivity index (χ1v) is 8.25. The van der Waals surface area contributed by atoms with E-state index in [-0.39, 0.29) is 0 Å². The Morgan fingerprint density at radius 1 is 1.38 bits per heavy atom. The van der Waals surface area contributed by atoms with Gasteiger partial charge in [-0.05, 0) is 17.7 Å². The van der Waals surface area contributed by atoms with Crippen LogP contribution in [-0.2, 0) is 0 Å². The summed E-state index contributed by atoms with van der Waals surface area (Å²) in [4.78, 5) is 10.2. The molecule has 1 fully saturated rings. The summed E-state index contributed by atoms with van der Waals surface area (Å²) in [5.41, 5.74) is 9.70. The average molecular weight is 352 g/mol. The van der Waals surface area contributed by atoms with Crippen molar-refractivity contribution in [3.63, 3.8) is 0 Å². The van der Waals surface area contributed by atoms with Gasteiger partial charge in [-0.15, -0.1) is 0 Å². The molecular weight excluding hydrogens is 331 g/mol. The standard InChI is InChI=1S/C19H21FN6/c1-23-10-15(9-22)13-2-3-14(8-21)18(6-13)25-17-4-5-24-19(7-17)26-11-16(20)12-26/h2-10,16,21H,11-12,22H2,1H3,(H,24,25). The lowest BCUT2D eigenvalue weighted by atomic mass is 10.0. The summed E-state index contributed by atoms with van der Waals surface area (Å²) in [5.74, 6) is 0.733. The smallest absolute Gasteiger partial charge is 0.135 e. The van der Waals surface area contributed by atoms with Gasteiger partial charge >= 0.3 is 0 Å². The summed E-state index contributed by atoms with van der Waals surface area (Å²) in [6, 6.07) is 9.37. The van der Waals surface area contributed by atoms with Crippen LogP contribution in [-0.4, -0.2) is 43.7 Å². The van der Waals surface area contributed by atoms with Crippen molar-refractivity contribution in [2.45, 2.75) is 6.17 Å². The van der Waals surface area contributed by atoms with Crippen molar-refractivity contribution in [3.05, 3.63) is 53.9 Å².